The molecule has 0 N–H and O–H groups in total. The topological polar surface area (TPSA) is 51.0 Å². The van der Waals surface area contributed by atoms with Gasteiger partial charge in [0.2, 0.25) is 5.91 Å². The van der Waals surface area contributed by atoms with E-state index in [-0.39, 0.29) is 5.91 Å². The Kier molecular flexibility index (Phi) is 5.02. The maximum absolute atomic E-state index is 12.8. The molecule has 6 heteroatoms. The summed E-state index contributed by atoms with van der Waals surface area (Å²) in [6.45, 7) is 5.19. The maximum atomic E-state index is 12.8. The van der Waals surface area contributed by atoms with E-state index in [1.165, 1.54) is 24.6 Å². The van der Waals surface area contributed by atoms with Crippen molar-refractivity contribution in [1.82, 2.24) is 19.7 Å². The number of carbonyl (C=O) groups excluding carboxylic acids is 1. The maximum Gasteiger partial charge on any atom is 0.233 e. The van der Waals surface area contributed by atoms with Crippen molar-refractivity contribution in [3.63, 3.8) is 0 Å². The number of hydrogen-bond donors (Lipinski definition) is 0. The molecule has 1 amide bonds. The van der Waals surface area contributed by atoms with Gasteiger partial charge in [0.25, 0.3) is 0 Å². The number of thioether (sulfide) groups is 1. The van der Waals surface area contributed by atoms with Gasteiger partial charge >= 0.3 is 0 Å². The van der Waals surface area contributed by atoms with E-state index in [1.54, 1.807) is 0 Å². The number of nitrogens with zero attached hydrogens (tertiary/aromatic N) is 4. The summed E-state index contributed by atoms with van der Waals surface area (Å²) in [6.07, 6.45) is 4.65. The third-order valence-electron chi connectivity index (χ3n) is 4.81. The quantitative estimate of drug-likeness (QED) is 0.662. The van der Waals surface area contributed by atoms with E-state index < -0.39 is 0 Å². The van der Waals surface area contributed by atoms with Crippen LogP contribution in [0.5, 0.6) is 0 Å². The first-order chi connectivity index (χ1) is 12.6. The van der Waals surface area contributed by atoms with Crippen molar-refractivity contribution in [3.05, 3.63) is 36.2 Å². The van der Waals surface area contributed by atoms with Gasteiger partial charge < -0.3 is 4.90 Å². The minimum atomic E-state index is 0.224. The monoisotopic (exact) mass is 370 g/mol. The summed E-state index contributed by atoms with van der Waals surface area (Å²) in [4.78, 5) is 14.9. The lowest BCUT2D eigenvalue weighted by molar-refractivity contribution is -0.129. The summed E-state index contributed by atoms with van der Waals surface area (Å²) >= 11 is 1.51. The third-order valence-corrected chi connectivity index (χ3v) is 5.72. The number of carbonyl (C=O) groups is 1. The molecule has 26 heavy (non-hydrogen) atoms. The largest absolute Gasteiger partial charge is 0.339 e. The Morgan fingerprint density at radius 2 is 1.92 bits per heavy atom. The van der Waals surface area contributed by atoms with Gasteiger partial charge in [-0.05, 0) is 43.7 Å². The molecule has 0 aliphatic heterocycles. The molecule has 138 valence electrons. The lowest BCUT2D eigenvalue weighted by Gasteiger charge is -2.24. The Labute approximate surface area is 159 Å². The van der Waals surface area contributed by atoms with Crippen LogP contribution in [0.2, 0.25) is 0 Å². The molecule has 0 spiro atoms. The highest BCUT2D eigenvalue weighted by Gasteiger charge is 2.34. The molecule has 2 aliphatic rings. The Bertz CT molecular complexity index is 765. The smallest absolute Gasteiger partial charge is 0.233 e. The van der Waals surface area contributed by atoms with Gasteiger partial charge in [-0.1, -0.05) is 43.8 Å². The zero-order chi connectivity index (χ0) is 18.1. The molecular formula is C20H26N4OS. The van der Waals surface area contributed by atoms with Gasteiger partial charge in [0.15, 0.2) is 5.16 Å². The molecule has 1 heterocycles. The normalized spacial score (nSPS) is 16.9. The van der Waals surface area contributed by atoms with Gasteiger partial charge in [-0.2, -0.15) is 0 Å². The van der Waals surface area contributed by atoms with E-state index in [1.807, 2.05) is 18.2 Å². The molecule has 2 aromatic rings. The molecule has 0 radical (unpaired) electrons. The zero-order valence-corrected chi connectivity index (χ0v) is 16.3. The summed E-state index contributed by atoms with van der Waals surface area (Å²) in [5.41, 5.74) is 1.08. The van der Waals surface area contributed by atoms with Gasteiger partial charge in [0, 0.05) is 24.2 Å². The van der Waals surface area contributed by atoms with Crippen LogP contribution in [-0.2, 0) is 4.79 Å². The highest BCUT2D eigenvalue weighted by Crippen LogP contribution is 2.41. The highest BCUT2D eigenvalue weighted by molar-refractivity contribution is 7.99. The first kappa shape index (κ1) is 17.6. The fourth-order valence-electron chi connectivity index (χ4n) is 3.24. The van der Waals surface area contributed by atoms with E-state index in [2.05, 4.69) is 45.6 Å². The fourth-order valence-corrected chi connectivity index (χ4v) is 4.09. The number of aromatic nitrogens is 3. The molecule has 2 saturated carbocycles. The van der Waals surface area contributed by atoms with Crippen LogP contribution in [0.3, 0.4) is 0 Å². The Morgan fingerprint density at radius 1 is 1.19 bits per heavy atom. The minimum Gasteiger partial charge on any atom is -0.339 e. The number of para-hydroxylation sites is 1. The second-order valence-corrected chi connectivity index (χ2v) is 8.69. The van der Waals surface area contributed by atoms with E-state index in [4.69, 9.17) is 0 Å². The minimum absolute atomic E-state index is 0.224. The van der Waals surface area contributed by atoms with Crippen LogP contribution in [-0.4, -0.2) is 43.9 Å². The highest BCUT2D eigenvalue weighted by atomic mass is 32.2. The first-order valence-electron chi connectivity index (χ1n) is 9.56. The zero-order valence-electron chi connectivity index (χ0n) is 15.5. The molecule has 0 unspecified atom stereocenters. The molecule has 5 nitrogen and oxygen atoms in total. The van der Waals surface area contributed by atoms with Crippen LogP contribution in [0.1, 0.15) is 51.3 Å². The van der Waals surface area contributed by atoms with Crippen LogP contribution in [0.15, 0.2) is 35.5 Å². The first-order valence-corrected chi connectivity index (χ1v) is 10.5. The van der Waals surface area contributed by atoms with Crippen molar-refractivity contribution < 1.29 is 4.79 Å². The van der Waals surface area contributed by atoms with E-state index >= 15 is 0 Å². The van der Waals surface area contributed by atoms with Crippen LogP contribution in [0.4, 0.5) is 0 Å². The average Bonchev–Trinajstić information content (AvgIpc) is 3.56. The van der Waals surface area contributed by atoms with Crippen LogP contribution < -0.4 is 0 Å². The molecule has 1 aromatic carbocycles. The Hall–Kier alpha value is -1.82. The molecule has 0 saturated heterocycles. The molecule has 0 bridgehead atoms. The standard InChI is InChI=1S/C20H26N4OS/c1-14(2)12-23(16-10-11-16)18(25)13-26-20-22-21-19(15-8-9-15)24(20)17-6-4-3-5-7-17/h3-7,14-16H,8-13H2,1-2H3. The average molecular weight is 371 g/mol. The summed E-state index contributed by atoms with van der Waals surface area (Å²) < 4.78 is 2.14. The van der Waals surface area contributed by atoms with Gasteiger partial charge in [0.1, 0.15) is 5.82 Å². The number of amides is 1. The molecule has 1 aromatic heterocycles. The molecule has 2 fully saturated rings. The van der Waals surface area contributed by atoms with Gasteiger partial charge in [-0.15, -0.1) is 10.2 Å². The lowest BCUT2D eigenvalue weighted by Crippen LogP contribution is -2.37. The Morgan fingerprint density at radius 3 is 2.54 bits per heavy atom. The van der Waals surface area contributed by atoms with Gasteiger partial charge in [0.05, 0.1) is 5.75 Å². The predicted molar refractivity (Wildman–Crippen MR) is 104 cm³/mol. The van der Waals surface area contributed by atoms with Gasteiger partial charge in [-0.3, -0.25) is 9.36 Å². The number of benzene rings is 1. The van der Waals surface area contributed by atoms with Crippen molar-refractivity contribution in [2.45, 2.75) is 56.6 Å². The van der Waals surface area contributed by atoms with Gasteiger partial charge in [-0.25, -0.2) is 0 Å². The van der Waals surface area contributed by atoms with Crippen molar-refractivity contribution in [2.75, 3.05) is 12.3 Å². The predicted octanol–water partition coefficient (Wildman–Crippen LogP) is 3.88. The van der Waals surface area contributed by atoms with Crippen molar-refractivity contribution >= 4 is 17.7 Å². The van der Waals surface area contributed by atoms with E-state index in [0.717, 1.165) is 36.1 Å². The summed E-state index contributed by atoms with van der Waals surface area (Å²) in [5.74, 6) is 2.70. The second-order valence-electron chi connectivity index (χ2n) is 7.75. The second kappa shape index (κ2) is 7.43. The van der Waals surface area contributed by atoms with E-state index in [0.29, 0.717) is 23.6 Å². The van der Waals surface area contributed by atoms with Crippen molar-refractivity contribution in [2.24, 2.45) is 5.92 Å². The lowest BCUT2D eigenvalue weighted by atomic mass is 10.2. The molecule has 2 aliphatic carbocycles. The SMILES string of the molecule is CC(C)CN(C(=O)CSc1nnc(C2CC2)n1-c1ccccc1)C1CC1. The molecule has 0 atom stereocenters. The van der Waals surface area contributed by atoms with Crippen LogP contribution >= 0.6 is 11.8 Å². The number of hydrogen-bond acceptors (Lipinski definition) is 4. The van der Waals surface area contributed by atoms with Crippen molar-refractivity contribution in [1.29, 1.82) is 0 Å². The fraction of sp³-hybridized carbons (Fsp3) is 0.550. The summed E-state index contributed by atoms with van der Waals surface area (Å²) in [6, 6.07) is 10.7. The Balaban J connectivity index is 1.50. The summed E-state index contributed by atoms with van der Waals surface area (Å²) in [5, 5.41) is 9.68. The molecule has 4 rings (SSSR count). The third kappa shape index (κ3) is 3.95. The number of rotatable bonds is 8. The van der Waals surface area contributed by atoms with Crippen LogP contribution in [0.25, 0.3) is 5.69 Å². The molecular weight excluding hydrogens is 344 g/mol. The van der Waals surface area contributed by atoms with Crippen LogP contribution in [0, 0.1) is 5.92 Å². The van der Waals surface area contributed by atoms with Crippen molar-refractivity contribution in [3.8, 4) is 5.69 Å². The van der Waals surface area contributed by atoms with E-state index in [9.17, 15) is 4.79 Å². The summed E-state index contributed by atoms with van der Waals surface area (Å²) in [7, 11) is 0.